The van der Waals surface area contributed by atoms with Crippen molar-refractivity contribution in [1.82, 2.24) is 10.2 Å². The van der Waals surface area contributed by atoms with E-state index in [1.165, 1.54) is 5.56 Å². The predicted octanol–water partition coefficient (Wildman–Crippen LogP) is 4.48. The number of hydrogen-bond donors (Lipinski definition) is 1. The minimum Gasteiger partial charge on any atom is -0.329 e. The summed E-state index contributed by atoms with van der Waals surface area (Å²) in [5.74, 6) is -0.0523. The summed E-state index contributed by atoms with van der Waals surface area (Å²) in [5, 5.41) is 2.76. The van der Waals surface area contributed by atoms with Crippen molar-refractivity contribution in [2.24, 2.45) is 0 Å². The maximum Gasteiger partial charge on any atom is 0.255 e. The van der Waals surface area contributed by atoms with Crippen molar-refractivity contribution in [3.63, 3.8) is 0 Å². The molecule has 2 heterocycles. The highest BCUT2D eigenvalue weighted by atomic mass is 16.2. The minimum atomic E-state index is -0.454. The van der Waals surface area contributed by atoms with Crippen LogP contribution in [0.2, 0.25) is 0 Å². The van der Waals surface area contributed by atoms with Crippen LogP contribution in [-0.2, 0) is 34.4 Å². The first kappa shape index (κ1) is 23.0. The fourth-order valence-electron chi connectivity index (χ4n) is 4.59. The van der Waals surface area contributed by atoms with Gasteiger partial charge in [-0.15, -0.1) is 0 Å². The average molecular weight is 445 g/mol. The molecule has 1 saturated heterocycles. The summed E-state index contributed by atoms with van der Waals surface area (Å²) in [7, 11) is 0. The Morgan fingerprint density at radius 2 is 1.79 bits per heavy atom. The number of rotatable bonds is 6. The van der Waals surface area contributed by atoms with Gasteiger partial charge < -0.3 is 10.2 Å². The van der Waals surface area contributed by atoms with Crippen LogP contribution in [0, 0.1) is 0 Å². The van der Waals surface area contributed by atoms with Gasteiger partial charge >= 0.3 is 0 Å². The average Bonchev–Trinajstić information content (AvgIpc) is 3.07. The molecule has 2 aromatic carbocycles. The van der Waals surface area contributed by atoms with Crippen molar-refractivity contribution in [2.45, 2.75) is 70.9 Å². The minimum absolute atomic E-state index is 0.0982. The van der Waals surface area contributed by atoms with Crippen LogP contribution in [0.3, 0.4) is 0 Å². The number of nitrogens with zero attached hydrogens (tertiary/aromatic N) is 1. The van der Waals surface area contributed by atoms with E-state index in [-0.39, 0.29) is 23.0 Å². The number of benzene rings is 2. The van der Waals surface area contributed by atoms with E-state index < -0.39 is 6.04 Å². The summed E-state index contributed by atoms with van der Waals surface area (Å²) in [4.78, 5) is 39.4. The van der Waals surface area contributed by atoms with Crippen molar-refractivity contribution in [1.29, 1.82) is 0 Å². The topological polar surface area (TPSA) is 66.5 Å². The summed E-state index contributed by atoms with van der Waals surface area (Å²) in [6, 6.07) is 13.6. The Morgan fingerprint density at radius 1 is 1.09 bits per heavy atom. The second-order valence-corrected chi connectivity index (χ2v) is 10.2. The van der Waals surface area contributed by atoms with Gasteiger partial charge in [-0.3, -0.25) is 14.4 Å². The standard InChI is InChI=1S/C28H32N2O3/c1-18-5-14-25(26(32)29-18)30-17-21-15-19(9-13-24(21)27(30)33)8-12-23(31)16-20-6-10-22(11-7-20)28(2,3)4/h6-7,9-11,13,15,25H,1,5,8,12,14,16-17H2,2-4H3,(H,29,32). The number of carbonyl (C=O) groups excluding carboxylic acids is 3. The van der Waals surface area contributed by atoms with E-state index in [4.69, 9.17) is 0 Å². The highest BCUT2D eigenvalue weighted by molar-refractivity contribution is 6.01. The number of amides is 2. The van der Waals surface area contributed by atoms with Crippen LogP contribution in [0.5, 0.6) is 0 Å². The summed E-state index contributed by atoms with van der Waals surface area (Å²) in [6.07, 6.45) is 2.82. The van der Waals surface area contributed by atoms with E-state index in [0.717, 1.165) is 16.7 Å². The van der Waals surface area contributed by atoms with Gasteiger partial charge in [-0.2, -0.15) is 0 Å². The van der Waals surface area contributed by atoms with E-state index >= 15 is 0 Å². The van der Waals surface area contributed by atoms with Gasteiger partial charge in [0, 0.05) is 30.6 Å². The van der Waals surface area contributed by atoms with Gasteiger partial charge in [-0.25, -0.2) is 0 Å². The first-order chi connectivity index (χ1) is 15.6. The Labute approximate surface area is 195 Å². The molecule has 5 heteroatoms. The molecule has 0 spiro atoms. The largest absolute Gasteiger partial charge is 0.329 e. The zero-order chi connectivity index (χ0) is 23.8. The van der Waals surface area contributed by atoms with Crippen LogP contribution in [-0.4, -0.2) is 28.5 Å². The normalized spacial score (nSPS) is 18.3. The van der Waals surface area contributed by atoms with Crippen molar-refractivity contribution in [2.75, 3.05) is 0 Å². The molecule has 2 aliphatic rings. The Morgan fingerprint density at radius 3 is 2.45 bits per heavy atom. The highest BCUT2D eigenvalue weighted by Gasteiger charge is 2.38. The lowest BCUT2D eigenvalue weighted by atomic mass is 9.86. The van der Waals surface area contributed by atoms with E-state index in [1.807, 2.05) is 30.3 Å². The summed E-state index contributed by atoms with van der Waals surface area (Å²) >= 11 is 0. The lowest BCUT2D eigenvalue weighted by molar-refractivity contribution is -0.126. The molecule has 2 amide bonds. The molecule has 0 radical (unpaired) electrons. The van der Waals surface area contributed by atoms with Crippen LogP contribution >= 0.6 is 0 Å². The van der Waals surface area contributed by atoms with Crippen molar-refractivity contribution in [3.8, 4) is 0 Å². The molecule has 4 rings (SSSR count). The van der Waals surface area contributed by atoms with Gasteiger partial charge in [0.05, 0.1) is 0 Å². The summed E-state index contributed by atoms with van der Waals surface area (Å²) in [6.45, 7) is 10.8. The molecule has 1 unspecified atom stereocenters. The van der Waals surface area contributed by atoms with Crippen LogP contribution in [0.4, 0.5) is 0 Å². The monoisotopic (exact) mass is 444 g/mol. The number of fused-ring (bicyclic) bond motifs is 1. The molecule has 1 atom stereocenters. The van der Waals surface area contributed by atoms with E-state index in [0.29, 0.717) is 49.9 Å². The Bertz CT molecular complexity index is 1110. The third-order valence-corrected chi connectivity index (χ3v) is 6.61. The molecule has 0 saturated carbocycles. The number of carbonyl (C=O) groups is 3. The molecular formula is C28H32N2O3. The van der Waals surface area contributed by atoms with E-state index in [1.54, 1.807) is 4.90 Å². The predicted molar refractivity (Wildman–Crippen MR) is 129 cm³/mol. The molecule has 172 valence electrons. The number of ketones is 1. The molecule has 0 aliphatic carbocycles. The maximum atomic E-state index is 12.9. The molecule has 2 aliphatic heterocycles. The lowest BCUT2D eigenvalue weighted by Gasteiger charge is -2.30. The molecule has 1 N–H and O–H groups in total. The van der Waals surface area contributed by atoms with Crippen LogP contribution < -0.4 is 5.32 Å². The second kappa shape index (κ2) is 8.97. The van der Waals surface area contributed by atoms with Gasteiger partial charge in [0.15, 0.2) is 0 Å². The molecule has 0 aromatic heterocycles. The fourth-order valence-corrected chi connectivity index (χ4v) is 4.59. The summed E-state index contributed by atoms with van der Waals surface area (Å²) in [5.41, 5.74) is 5.73. The molecule has 2 aromatic rings. The number of aryl methyl sites for hydroxylation is 1. The number of piperidine rings is 1. The van der Waals surface area contributed by atoms with Crippen molar-refractivity contribution >= 4 is 17.6 Å². The lowest BCUT2D eigenvalue weighted by Crippen LogP contribution is -2.49. The fraction of sp³-hybridized carbons (Fsp3) is 0.393. The smallest absolute Gasteiger partial charge is 0.255 e. The van der Waals surface area contributed by atoms with Crippen LogP contribution in [0.15, 0.2) is 54.7 Å². The van der Waals surface area contributed by atoms with E-state index in [2.05, 4.69) is 44.8 Å². The molecule has 0 bridgehead atoms. The first-order valence-corrected chi connectivity index (χ1v) is 11.6. The Kier molecular flexibility index (Phi) is 6.24. The van der Waals surface area contributed by atoms with Crippen molar-refractivity contribution in [3.05, 3.63) is 82.6 Å². The van der Waals surface area contributed by atoms with Gasteiger partial charge in [-0.05, 0) is 53.0 Å². The third kappa shape index (κ3) is 5.08. The summed E-state index contributed by atoms with van der Waals surface area (Å²) < 4.78 is 0. The van der Waals surface area contributed by atoms with Gasteiger partial charge in [0.1, 0.15) is 11.8 Å². The van der Waals surface area contributed by atoms with Gasteiger partial charge in [0.25, 0.3) is 5.91 Å². The number of allylic oxidation sites excluding steroid dienone is 1. The maximum absolute atomic E-state index is 12.9. The Hall–Kier alpha value is -3.21. The number of hydrogen-bond acceptors (Lipinski definition) is 3. The SMILES string of the molecule is C=C1CCC(N2Cc3cc(CCC(=O)Cc4ccc(C(C)(C)C)cc4)ccc3C2=O)C(=O)N1. The molecule has 33 heavy (non-hydrogen) atoms. The van der Waals surface area contributed by atoms with E-state index in [9.17, 15) is 14.4 Å². The number of Topliss-reactive ketones (excluding diaryl/α,β-unsaturated/α-hetero) is 1. The Balaban J connectivity index is 1.35. The zero-order valence-electron chi connectivity index (χ0n) is 19.7. The number of nitrogens with one attached hydrogen (secondary N) is 1. The van der Waals surface area contributed by atoms with Gasteiger partial charge in [-0.1, -0.05) is 63.7 Å². The highest BCUT2D eigenvalue weighted by Crippen LogP contribution is 2.29. The van der Waals surface area contributed by atoms with Crippen molar-refractivity contribution < 1.29 is 14.4 Å². The van der Waals surface area contributed by atoms with Crippen LogP contribution in [0.1, 0.15) is 72.6 Å². The first-order valence-electron chi connectivity index (χ1n) is 11.6. The third-order valence-electron chi connectivity index (χ3n) is 6.61. The van der Waals surface area contributed by atoms with Crippen LogP contribution in [0.25, 0.3) is 0 Å². The quantitative estimate of drug-likeness (QED) is 0.715. The second-order valence-electron chi connectivity index (χ2n) is 10.2. The zero-order valence-corrected chi connectivity index (χ0v) is 19.7. The van der Waals surface area contributed by atoms with Gasteiger partial charge in [0.2, 0.25) is 5.91 Å². The molecule has 1 fully saturated rings. The molecular weight excluding hydrogens is 412 g/mol. The molecule has 5 nitrogen and oxygen atoms in total.